The van der Waals surface area contributed by atoms with Gasteiger partial charge in [0.25, 0.3) is 0 Å². The van der Waals surface area contributed by atoms with Crippen molar-refractivity contribution in [2.45, 2.75) is 12.8 Å². The van der Waals surface area contributed by atoms with Crippen LogP contribution in [0.4, 0.5) is 8.78 Å². The number of phenols is 1. The van der Waals surface area contributed by atoms with E-state index in [4.69, 9.17) is 11.6 Å². The van der Waals surface area contributed by atoms with Gasteiger partial charge in [-0.05, 0) is 12.5 Å². The van der Waals surface area contributed by atoms with Crippen molar-refractivity contribution in [1.29, 1.82) is 0 Å². The van der Waals surface area contributed by atoms with Crippen LogP contribution in [0.3, 0.4) is 0 Å². The predicted octanol–water partition coefficient (Wildman–Crippen LogP) is 2.46. The van der Waals surface area contributed by atoms with Gasteiger partial charge in [-0.2, -0.15) is 0 Å². The molecule has 0 unspecified atom stereocenters. The Morgan fingerprint density at radius 2 is 2.14 bits per heavy atom. The van der Waals surface area contributed by atoms with Crippen molar-refractivity contribution in [1.82, 2.24) is 0 Å². The van der Waals surface area contributed by atoms with Crippen LogP contribution in [0.2, 0.25) is 5.02 Å². The van der Waals surface area contributed by atoms with Crippen LogP contribution in [-0.2, 0) is 11.2 Å². The predicted molar refractivity (Wildman–Crippen MR) is 47.4 cm³/mol. The van der Waals surface area contributed by atoms with E-state index in [9.17, 15) is 18.7 Å². The maximum atomic E-state index is 13.1. The largest absolute Gasteiger partial charge is 0.506 e. The molecule has 0 spiro atoms. The van der Waals surface area contributed by atoms with Gasteiger partial charge in [-0.25, -0.2) is 8.78 Å². The number of aldehydes is 1. The Hall–Kier alpha value is -1.16. The van der Waals surface area contributed by atoms with Crippen molar-refractivity contribution >= 4 is 17.9 Å². The average molecular weight is 221 g/mol. The summed E-state index contributed by atoms with van der Waals surface area (Å²) in [6, 6.07) is 0.691. The SMILES string of the molecule is O=CCCc1c(O)c(Cl)cc(F)c1F. The van der Waals surface area contributed by atoms with E-state index in [0.29, 0.717) is 12.4 Å². The smallest absolute Gasteiger partial charge is 0.165 e. The standard InChI is InChI=1S/C9H7ClF2O2/c10-6-4-7(11)8(12)5(9(6)14)2-1-3-13/h3-4,14H,1-2H2. The molecule has 0 aliphatic rings. The molecule has 0 amide bonds. The summed E-state index contributed by atoms with van der Waals surface area (Å²) in [5.41, 5.74) is -0.262. The first-order valence-corrected chi connectivity index (χ1v) is 4.24. The molecule has 0 aromatic heterocycles. The summed E-state index contributed by atoms with van der Waals surface area (Å²) in [5.74, 6) is -2.80. The monoisotopic (exact) mass is 220 g/mol. The molecule has 0 radical (unpaired) electrons. The summed E-state index contributed by atoms with van der Waals surface area (Å²) in [6.07, 6.45) is 0.487. The molecule has 0 aliphatic heterocycles. The lowest BCUT2D eigenvalue weighted by molar-refractivity contribution is -0.107. The lowest BCUT2D eigenvalue weighted by Crippen LogP contribution is -1.96. The third-order valence-electron chi connectivity index (χ3n) is 1.75. The molecule has 0 atom stereocenters. The number of halogens is 3. The molecule has 0 heterocycles. The summed E-state index contributed by atoms with van der Waals surface area (Å²) < 4.78 is 25.8. The fraction of sp³-hybridized carbons (Fsp3) is 0.222. The van der Waals surface area contributed by atoms with Gasteiger partial charge in [-0.1, -0.05) is 11.6 Å². The van der Waals surface area contributed by atoms with Gasteiger partial charge in [-0.3, -0.25) is 0 Å². The van der Waals surface area contributed by atoms with Crippen LogP contribution < -0.4 is 0 Å². The Kier molecular flexibility index (Phi) is 3.41. The normalized spacial score (nSPS) is 10.2. The maximum absolute atomic E-state index is 13.1. The van der Waals surface area contributed by atoms with E-state index >= 15 is 0 Å². The van der Waals surface area contributed by atoms with E-state index in [1.54, 1.807) is 0 Å². The van der Waals surface area contributed by atoms with Crippen LogP contribution in [0, 0.1) is 11.6 Å². The molecular formula is C9H7ClF2O2. The number of aromatic hydroxyl groups is 1. The third-order valence-corrected chi connectivity index (χ3v) is 2.04. The lowest BCUT2D eigenvalue weighted by Gasteiger charge is -2.06. The zero-order valence-electron chi connectivity index (χ0n) is 7.06. The molecule has 1 rings (SSSR count). The molecule has 2 nitrogen and oxygen atoms in total. The quantitative estimate of drug-likeness (QED) is 0.628. The first-order valence-electron chi connectivity index (χ1n) is 3.87. The van der Waals surface area contributed by atoms with E-state index < -0.39 is 17.4 Å². The Labute approximate surface area is 84.1 Å². The van der Waals surface area contributed by atoms with Crippen LogP contribution in [0.15, 0.2) is 6.07 Å². The van der Waals surface area contributed by atoms with Gasteiger partial charge in [0, 0.05) is 12.0 Å². The second kappa shape index (κ2) is 4.37. The molecule has 76 valence electrons. The zero-order chi connectivity index (χ0) is 10.7. The third kappa shape index (κ3) is 2.01. The average Bonchev–Trinajstić information content (AvgIpc) is 2.15. The van der Waals surface area contributed by atoms with E-state index in [1.807, 2.05) is 0 Å². The van der Waals surface area contributed by atoms with E-state index in [0.717, 1.165) is 0 Å². The molecule has 1 aromatic rings. The zero-order valence-corrected chi connectivity index (χ0v) is 7.81. The van der Waals surface area contributed by atoms with Gasteiger partial charge < -0.3 is 9.90 Å². The summed E-state index contributed by atoms with van der Waals surface area (Å²) >= 11 is 5.43. The number of hydrogen-bond acceptors (Lipinski definition) is 2. The highest BCUT2D eigenvalue weighted by atomic mass is 35.5. The van der Waals surface area contributed by atoms with Gasteiger partial charge in [0.1, 0.15) is 12.0 Å². The second-order valence-electron chi connectivity index (χ2n) is 2.69. The minimum absolute atomic E-state index is 0.00423. The number of benzene rings is 1. The molecule has 1 N–H and O–H groups in total. The van der Waals surface area contributed by atoms with Crippen molar-refractivity contribution in [2.75, 3.05) is 0 Å². The molecule has 5 heteroatoms. The number of carbonyl (C=O) groups excluding carboxylic acids is 1. The first-order chi connectivity index (χ1) is 6.57. The Balaban J connectivity index is 3.17. The van der Waals surface area contributed by atoms with Crippen LogP contribution >= 0.6 is 11.6 Å². The topological polar surface area (TPSA) is 37.3 Å². The second-order valence-corrected chi connectivity index (χ2v) is 3.09. The summed E-state index contributed by atoms with van der Waals surface area (Å²) in [5, 5.41) is 9.02. The van der Waals surface area contributed by atoms with Crippen molar-refractivity contribution in [3.63, 3.8) is 0 Å². The first kappa shape index (κ1) is 10.9. The highest BCUT2D eigenvalue weighted by Gasteiger charge is 2.16. The molecule has 14 heavy (non-hydrogen) atoms. The highest BCUT2D eigenvalue weighted by molar-refractivity contribution is 6.32. The number of rotatable bonds is 3. The van der Waals surface area contributed by atoms with Gasteiger partial charge >= 0.3 is 0 Å². The van der Waals surface area contributed by atoms with E-state index in [-0.39, 0.29) is 23.4 Å². The fourth-order valence-electron chi connectivity index (χ4n) is 1.07. The molecule has 0 saturated heterocycles. The molecular weight excluding hydrogens is 214 g/mol. The minimum atomic E-state index is -1.16. The van der Waals surface area contributed by atoms with Gasteiger partial charge in [0.2, 0.25) is 0 Å². The van der Waals surface area contributed by atoms with Crippen LogP contribution in [-0.4, -0.2) is 11.4 Å². The van der Waals surface area contributed by atoms with Gasteiger partial charge in [0.15, 0.2) is 11.6 Å². The van der Waals surface area contributed by atoms with Crippen molar-refractivity contribution < 1.29 is 18.7 Å². The molecule has 0 saturated carbocycles. The van der Waals surface area contributed by atoms with Gasteiger partial charge in [0.05, 0.1) is 5.02 Å². The summed E-state index contributed by atoms with van der Waals surface area (Å²) in [6.45, 7) is 0. The van der Waals surface area contributed by atoms with Gasteiger partial charge in [-0.15, -0.1) is 0 Å². The number of hydrogen-bond donors (Lipinski definition) is 1. The molecule has 0 aliphatic carbocycles. The molecule has 0 fully saturated rings. The van der Waals surface area contributed by atoms with E-state index in [2.05, 4.69) is 0 Å². The molecule has 1 aromatic carbocycles. The van der Waals surface area contributed by atoms with Crippen LogP contribution in [0.1, 0.15) is 12.0 Å². The van der Waals surface area contributed by atoms with Crippen molar-refractivity contribution in [2.24, 2.45) is 0 Å². The minimum Gasteiger partial charge on any atom is -0.506 e. The Morgan fingerprint density at radius 1 is 1.50 bits per heavy atom. The van der Waals surface area contributed by atoms with E-state index in [1.165, 1.54) is 0 Å². The fourth-order valence-corrected chi connectivity index (χ4v) is 1.28. The lowest BCUT2D eigenvalue weighted by atomic mass is 10.1. The Morgan fingerprint density at radius 3 is 2.71 bits per heavy atom. The maximum Gasteiger partial charge on any atom is 0.165 e. The van der Waals surface area contributed by atoms with Crippen molar-refractivity contribution in [3.8, 4) is 5.75 Å². The van der Waals surface area contributed by atoms with Crippen LogP contribution in [0.25, 0.3) is 0 Å². The summed E-state index contributed by atoms with van der Waals surface area (Å²) in [7, 11) is 0. The Bertz CT molecular complexity index is 340. The number of phenolic OH excluding ortho intramolecular Hbond substituents is 1. The molecule has 0 bridgehead atoms. The number of carbonyl (C=O) groups is 1. The highest BCUT2D eigenvalue weighted by Crippen LogP contribution is 2.31. The summed E-state index contributed by atoms with van der Waals surface area (Å²) in [4.78, 5) is 10.0. The van der Waals surface area contributed by atoms with Crippen molar-refractivity contribution in [3.05, 3.63) is 28.3 Å². The van der Waals surface area contributed by atoms with Crippen LogP contribution in [0.5, 0.6) is 5.75 Å².